The van der Waals surface area contributed by atoms with Crippen LogP contribution in [-0.2, 0) is 6.42 Å². The molecule has 0 aliphatic heterocycles. The van der Waals surface area contributed by atoms with Crippen molar-refractivity contribution in [3.63, 3.8) is 0 Å². The maximum absolute atomic E-state index is 6.03. The zero-order chi connectivity index (χ0) is 15.0. The zero-order valence-electron chi connectivity index (χ0n) is 13.3. The molecule has 0 fully saturated rings. The Labute approximate surface area is 128 Å². The number of unbranched alkanes of at least 4 members (excludes halogenated alkanes) is 3. The van der Waals surface area contributed by atoms with E-state index in [1.54, 1.807) is 7.11 Å². The quantitative estimate of drug-likeness (QED) is 0.693. The maximum Gasteiger partial charge on any atom is 0.122 e. The van der Waals surface area contributed by atoms with Gasteiger partial charge in [0, 0.05) is 10.6 Å². The Kier molecular flexibility index (Phi) is 7.39. The van der Waals surface area contributed by atoms with E-state index in [1.807, 2.05) is 18.2 Å². The lowest BCUT2D eigenvalue weighted by atomic mass is 10.0. The summed E-state index contributed by atoms with van der Waals surface area (Å²) in [4.78, 5) is 0. The second-order valence-corrected chi connectivity index (χ2v) is 6.73. The van der Waals surface area contributed by atoms with Crippen molar-refractivity contribution in [3.05, 3.63) is 28.8 Å². The number of halogens is 1. The summed E-state index contributed by atoms with van der Waals surface area (Å²) in [7, 11) is 1.71. The number of nitrogens with one attached hydrogen (secondary N) is 1. The first-order chi connectivity index (χ1) is 9.42. The number of rotatable bonds is 8. The molecule has 0 aromatic heterocycles. The first-order valence-electron chi connectivity index (χ1n) is 7.50. The first-order valence-corrected chi connectivity index (χ1v) is 7.87. The van der Waals surface area contributed by atoms with Crippen molar-refractivity contribution in [3.8, 4) is 5.75 Å². The van der Waals surface area contributed by atoms with E-state index in [0.717, 1.165) is 23.7 Å². The Morgan fingerprint density at radius 3 is 2.45 bits per heavy atom. The minimum atomic E-state index is 0.230. The highest BCUT2D eigenvalue weighted by molar-refractivity contribution is 6.30. The van der Waals surface area contributed by atoms with E-state index in [9.17, 15) is 0 Å². The SMILES string of the molecule is COc1ccc(Cl)cc1CCCCCCNC(C)(C)C. The summed E-state index contributed by atoms with van der Waals surface area (Å²) in [6.07, 6.45) is 5.99. The van der Waals surface area contributed by atoms with Gasteiger partial charge in [-0.15, -0.1) is 0 Å². The highest BCUT2D eigenvalue weighted by atomic mass is 35.5. The molecule has 0 amide bonds. The van der Waals surface area contributed by atoms with E-state index in [0.29, 0.717) is 0 Å². The van der Waals surface area contributed by atoms with Crippen LogP contribution in [0.5, 0.6) is 5.75 Å². The van der Waals surface area contributed by atoms with Crippen LogP contribution < -0.4 is 10.1 Å². The fraction of sp³-hybridized carbons (Fsp3) is 0.647. The third-order valence-electron chi connectivity index (χ3n) is 3.27. The predicted octanol–water partition coefficient (Wildman–Crippen LogP) is 4.84. The van der Waals surface area contributed by atoms with Crippen LogP contribution in [0.1, 0.15) is 52.0 Å². The van der Waals surface area contributed by atoms with Gasteiger partial charge in [0.05, 0.1) is 7.11 Å². The average Bonchev–Trinajstić information content (AvgIpc) is 2.36. The molecule has 0 aliphatic rings. The minimum Gasteiger partial charge on any atom is -0.496 e. The molecule has 0 aliphatic carbocycles. The standard InChI is InChI=1S/C17H28ClNO/c1-17(2,3)19-12-8-6-5-7-9-14-13-15(18)10-11-16(14)20-4/h10-11,13,19H,5-9,12H2,1-4H3. The third kappa shape index (κ3) is 7.16. The topological polar surface area (TPSA) is 21.3 Å². The van der Waals surface area contributed by atoms with Crippen molar-refractivity contribution in [2.75, 3.05) is 13.7 Å². The molecule has 2 nitrogen and oxygen atoms in total. The molecule has 1 aromatic carbocycles. The van der Waals surface area contributed by atoms with E-state index in [2.05, 4.69) is 26.1 Å². The fourth-order valence-corrected chi connectivity index (χ4v) is 2.39. The highest BCUT2D eigenvalue weighted by Gasteiger charge is 2.07. The van der Waals surface area contributed by atoms with Crippen LogP contribution in [0.4, 0.5) is 0 Å². The van der Waals surface area contributed by atoms with Crippen molar-refractivity contribution in [2.24, 2.45) is 0 Å². The molecule has 1 N–H and O–H groups in total. The van der Waals surface area contributed by atoms with Crippen LogP contribution in [0, 0.1) is 0 Å². The van der Waals surface area contributed by atoms with Crippen LogP contribution in [0.2, 0.25) is 5.02 Å². The molecule has 0 bridgehead atoms. The average molecular weight is 298 g/mol. The molecule has 0 heterocycles. The summed E-state index contributed by atoms with van der Waals surface area (Å²) in [5.41, 5.74) is 1.45. The molecular formula is C17H28ClNO. The maximum atomic E-state index is 6.03. The zero-order valence-corrected chi connectivity index (χ0v) is 14.0. The molecule has 114 valence electrons. The smallest absolute Gasteiger partial charge is 0.122 e. The van der Waals surface area contributed by atoms with Crippen molar-refractivity contribution < 1.29 is 4.74 Å². The van der Waals surface area contributed by atoms with E-state index >= 15 is 0 Å². The van der Waals surface area contributed by atoms with Crippen LogP contribution in [0.3, 0.4) is 0 Å². The van der Waals surface area contributed by atoms with Crippen LogP contribution in [0.15, 0.2) is 18.2 Å². The van der Waals surface area contributed by atoms with Crippen LogP contribution in [0.25, 0.3) is 0 Å². The van der Waals surface area contributed by atoms with Gasteiger partial charge >= 0.3 is 0 Å². The molecule has 3 heteroatoms. The molecule has 20 heavy (non-hydrogen) atoms. The summed E-state index contributed by atoms with van der Waals surface area (Å²) in [6, 6.07) is 5.84. The van der Waals surface area contributed by atoms with Crippen LogP contribution in [-0.4, -0.2) is 19.2 Å². The molecule has 0 radical (unpaired) electrons. The Morgan fingerprint density at radius 1 is 1.10 bits per heavy atom. The fourth-order valence-electron chi connectivity index (χ4n) is 2.20. The Hall–Kier alpha value is -0.730. The molecule has 0 saturated carbocycles. The lowest BCUT2D eigenvalue weighted by Crippen LogP contribution is -2.36. The van der Waals surface area contributed by atoms with E-state index < -0.39 is 0 Å². The normalized spacial score (nSPS) is 11.7. The van der Waals surface area contributed by atoms with Gasteiger partial charge < -0.3 is 10.1 Å². The van der Waals surface area contributed by atoms with Gasteiger partial charge in [-0.2, -0.15) is 0 Å². The molecule has 0 spiro atoms. The van der Waals surface area contributed by atoms with Crippen molar-refractivity contribution in [1.82, 2.24) is 5.32 Å². The van der Waals surface area contributed by atoms with Gasteiger partial charge in [-0.05, 0) is 70.3 Å². The van der Waals surface area contributed by atoms with Crippen molar-refractivity contribution in [2.45, 2.75) is 58.4 Å². The molecule has 0 unspecified atom stereocenters. The summed E-state index contributed by atoms with van der Waals surface area (Å²) < 4.78 is 5.36. The second kappa shape index (κ2) is 8.53. The molecule has 1 aromatic rings. The van der Waals surface area contributed by atoms with Gasteiger partial charge in [-0.25, -0.2) is 0 Å². The number of aryl methyl sites for hydroxylation is 1. The monoisotopic (exact) mass is 297 g/mol. The molecule has 0 atom stereocenters. The van der Waals surface area contributed by atoms with Gasteiger partial charge in [0.1, 0.15) is 5.75 Å². The number of hydrogen-bond acceptors (Lipinski definition) is 2. The highest BCUT2D eigenvalue weighted by Crippen LogP contribution is 2.24. The minimum absolute atomic E-state index is 0.230. The van der Waals surface area contributed by atoms with Crippen LogP contribution >= 0.6 is 11.6 Å². The molecule has 1 rings (SSSR count). The molecule has 0 saturated heterocycles. The van der Waals surface area contributed by atoms with Gasteiger partial charge in [0.15, 0.2) is 0 Å². The van der Waals surface area contributed by atoms with Gasteiger partial charge in [0.2, 0.25) is 0 Å². The summed E-state index contributed by atoms with van der Waals surface area (Å²) in [5.74, 6) is 0.948. The van der Waals surface area contributed by atoms with E-state index in [-0.39, 0.29) is 5.54 Å². The van der Waals surface area contributed by atoms with E-state index in [1.165, 1.54) is 31.2 Å². The predicted molar refractivity (Wildman–Crippen MR) is 87.9 cm³/mol. The van der Waals surface area contributed by atoms with Gasteiger partial charge in [0.25, 0.3) is 0 Å². The largest absolute Gasteiger partial charge is 0.496 e. The summed E-state index contributed by atoms with van der Waals surface area (Å²) in [6.45, 7) is 7.72. The number of hydrogen-bond donors (Lipinski definition) is 1. The number of methoxy groups -OCH3 is 1. The van der Waals surface area contributed by atoms with Crippen molar-refractivity contribution in [1.29, 1.82) is 0 Å². The Balaban J connectivity index is 2.20. The molecular weight excluding hydrogens is 270 g/mol. The number of ether oxygens (including phenoxy) is 1. The number of benzene rings is 1. The third-order valence-corrected chi connectivity index (χ3v) is 3.51. The lowest BCUT2D eigenvalue weighted by molar-refractivity contribution is 0.407. The second-order valence-electron chi connectivity index (χ2n) is 6.30. The Morgan fingerprint density at radius 2 is 1.80 bits per heavy atom. The van der Waals surface area contributed by atoms with E-state index in [4.69, 9.17) is 16.3 Å². The summed E-state index contributed by atoms with van der Waals surface area (Å²) >= 11 is 6.03. The lowest BCUT2D eigenvalue weighted by Gasteiger charge is -2.20. The first kappa shape index (κ1) is 17.3. The Bertz CT molecular complexity index is 398. The van der Waals surface area contributed by atoms with Gasteiger partial charge in [-0.1, -0.05) is 24.4 Å². The van der Waals surface area contributed by atoms with Gasteiger partial charge in [-0.3, -0.25) is 0 Å². The summed E-state index contributed by atoms with van der Waals surface area (Å²) in [5, 5.41) is 4.31. The van der Waals surface area contributed by atoms with Crippen molar-refractivity contribution >= 4 is 11.6 Å².